The van der Waals surface area contributed by atoms with Gasteiger partial charge in [0.1, 0.15) is 0 Å². The number of ketones is 1. The summed E-state index contributed by atoms with van der Waals surface area (Å²) in [7, 11) is 0. The molecule has 0 bridgehead atoms. The molecule has 4 rings (SSSR count). The van der Waals surface area contributed by atoms with E-state index in [1.165, 1.54) is 0 Å². The van der Waals surface area contributed by atoms with E-state index in [0.717, 1.165) is 32.7 Å². The van der Waals surface area contributed by atoms with E-state index in [0.29, 0.717) is 0 Å². The fraction of sp³-hybridized carbons (Fsp3) is 0. The van der Waals surface area contributed by atoms with Crippen LogP contribution in [0.25, 0.3) is 21.5 Å². The van der Waals surface area contributed by atoms with Gasteiger partial charge in [-0.25, -0.2) is 0 Å². The van der Waals surface area contributed by atoms with E-state index in [-0.39, 0.29) is 5.78 Å². The summed E-state index contributed by atoms with van der Waals surface area (Å²) < 4.78 is 0. The number of carbonyl (C=O) groups is 1. The van der Waals surface area contributed by atoms with Gasteiger partial charge in [0.05, 0.1) is 0 Å². The fourth-order valence-corrected chi connectivity index (χ4v) is 2.99. The maximum absolute atomic E-state index is 13.1. The van der Waals surface area contributed by atoms with E-state index in [9.17, 15) is 4.79 Å². The van der Waals surface area contributed by atoms with Gasteiger partial charge in [-0.1, -0.05) is 78.9 Å². The minimum atomic E-state index is 0.0774. The van der Waals surface area contributed by atoms with Crippen molar-refractivity contribution >= 4 is 27.3 Å². The Hall–Kier alpha value is -2.93. The highest BCUT2D eigenvalue weighted by Gasteiger charge is 2.16. The predicted molar refractivity (Wildman–Crippen MR) is 91.3 cm³/mol. The Morgan fingerprint density at radius 2 is 1.09 bits per heavy atom. The maximum Gasteiger partial charge on any atom is 0.194 e. The summed E-state index contributed by atoms with van der Waals surface area (Å²) in [6.07, 6.45) is 0. The minimum absolute atomic E-state index is 0.0774. The van der Waals surface area contributed by atoms with Crippen molar-refractivity contribution in [3.05, 3.63) is 96.1 Å². The van der Waals surface area contributed by atoms with Crippen molar-refractivity contribution in [1.82, 2.24) is 0 Å². The van der Waals surface area contributed by atoms with Gasteiger partial charge in [0.15, 0.2) is 5.78 Å². The van der Waals surface area contributed by atoms with Gasteiger partial charge in [0.25, 0.3) is 0 Å². The van der Waals surface area contributed by atoms with E-state index < -0.39 is 0 Å². The minimum Gasteiger partial charge on any atom is -0.289 e. The number of rotatable bonds is 2. The highest BCUT2D eigenvalue weighted by atomic mass is 16.1. The van der Waals surface area contributed by atoms with Crippen LogP contribution in [0.15, 0.2) is 84.9 Å². The molecule has 4 aromatic rings. The van der Waals surface area contributed by atoms with Gasteiger partial charge in [0.2, 0.25) is 0 Å². The number of fused-ring (bicyclic) bond motifs is 2. The number of hydrogen-bond donors (Lipinski definition) is 0. The normalized spacial score (nSPS) is 10.9. The van der Waals surface area contributed by atoms with Crippen LogP contribution in [0.4, 0.5) is 0 Å². The Morgan fingerprint density at radius 1 is 0.591 bits per heavy atom. The molecule has 0 heterocycles. The van der Waals surface area contributed by atoms with Crippen molar-refractivity contribution in [3.63, 3.8) is 0 Å². The lowest BCUT2D eigenvalue weighted by atomic mass is 9.92. The van der Waals surface area contributed by atoms with Crippen LogP contribution in [0.1, 0.15) is 15.9 Å². The molecule has 0 radical (unpaired) electrons. The average Bonchev–Trinajstić information content (AvgIpc) is 2.60. The molecule has 0 aliphatic carbocycles. The SMILES string of the molecule is O=C(c1ccccc1)c1c2ccccc2cc2ccccc12. The van der Waals surface area contributed by atoms with E-state index in [2.05, 4.69) is 18.2 Å². The second-order valence-electron chi connectivity index (χ2n) is 5.39. The van der Waals surface area contributed by atoms with Crippen LogP contribution in [0.3, 0.4) is 0 Å². The smallest absolute Gasteiger partial charge is 0.194 e. The standard InChI is InChI=1S/C21H14O/c22-21(15-8-2-1-3-9-15)20-18-12-6-4-10-16(18)14-17-11-5-7-13-19(17)20/h1-14H. The third-order valence-electron chi connectivity index (χ3n) is 4.03. The van der Waals surface area contributed by atoms with Crippen LogP contribution in [0.2, 0.25) is 0 Å². The van der Waals surface area contributed by atoms with E-state index in [4.69, 9.17) is 0 Å². The van der Waals surface area contributed by atoms with E-state index in [1.54, 1.807) is 0 Å². The number of benzene rings is 4. The van der Waals surface area contributed by atoms with Crippen LogP contribution >= 0.6 is 0 Å². The Kier molecular flexibility index (Phi) is 2.97. The molecule has 0 saturated heterocycles. The van der Waals surface area contributed by atoms with Crippen molar-refractivity contribution in [1.29, 1.82) is 0 Å². The summed E-state index contributed by atoms with van der Waals surface area (Å²) in [6.45, 7) is 0. The topological polar surface area (TPSA) is 17.1 Å². The first-order valence-electron chi connectivity index (χ1n) is 7.35. The third-order valence-corrected chi connectivity index (χ3v) is 4.03. The van der Waals surface area contributed by atoms with Gasteiger partial charge in [-0.3, -0.25) is 4.79 Å². The molecule has 4 aromatic carbocycles. The van der Waals surface area contributed by atoms with Gasteiger partial charge in [-0.15, -0.1) is 0 Å². The molecule has 0 amide bonds. The monoisotopic (exact) mass is 282 g/mol. The molecule has 1 nitrogen and oxygen atoms in total. The van der Waals surface area contributed by atoms with Crippen LogP contribution in [-0.2, 0) is 0 Å². The third kappa shape index (κ3) is 1.99. The van der Waals surface area contributed by atoms with Crippen LogP contribution in [-0.4, -0.2) is 5.78 Å². The van der Waals surface area contributed by atoms with Crippen molar-refractivity contribution in [3.8, 4) is 0 Å². The molecule has 0 unspecified atom stereocenters. The average molecular weight is 282 g/mol. The van der Waals surface area contributed by atoms with Crippen LogP contribution < -0.4 is 0 Å². The Labute approximate surface area is 128 Å². The summed E-state index contributed by atoms with van der Waals surface area (Å²) in [5, 5.41) is 4.21. The number of carbonyl (C=O) groups excluding carboxylic acids is 1. The second kappa shape index (κ2) is 5.12. The van der Waals surface area contributed by atoms with Crippen molar-refractivity contribution in [2.75, 3.05) is 0 Å². The number of hydrogen-bond acceptors (Lipinski definition) is 1. The molecule has 0 atom stereocenters. The lowest BCUT2D eigenvalue weighted by Gasteiger charge is -2.10. The summed E-state index contributed by atoms with van der Waals surface area (Å²) in [5.41, 5.74) is 1.52. The zero-order valence-corrected chi connectivity index (χ0v) is 12.0. The maximum atomic E-state index is 13.1. The Balaban J connectivity index is 2.11. The molecule has 1 heteroatoms. The van der Waals surface area contributed by atoms with Crippen molar-refractivity contribution in [2.45, 2.75) is 0 Å². The van der Waals surface area contributed by atoms with Gasteiger partial charge in [-0.05, 0) is 27.6 Å². The highest BCUT2D eigenvalue weighted by molar-refractivity contribution is 6.24. The zero-order chi connectivity index (χ0) is 14.9. The lowest BCUT2D eigenvalue weighted by molar-refractivity contribution is 0.104. The summed E-state index contributed by atoms with van der Waals surface area (Å²) >= 11 is 0. The first-order valence-corrected chi connectivity index (χ1v) is 7.35. The molecular weight excluding hydrogens is 268 g/mol. The lowest BCUT2D eigenvalue weighted by Crippen LogP contribution is -2.03. The molecule has 0 aliphatic heterocycles. The first kappa shape index (κ1) is 12.8. The van der Waals surface area contributed by atoms with Gasteiger partial charge < -0.3 is 0 Å². The van der Waals surface area contributed by atoms with Gasteiger partial charge >= 0.3 is 0 Å². The summed E-state index contributed by atoms with van der Waals surface area (Å²) in [6, 6.07) is 27.8. The quantitative estimate of drug-likeness (QED) is 0.364. The first-order chi connectivity index (χ1) is 10.8. The molecule has 0 fully saturated rings. The molecule has 0 spiro atoms. The van der Waals surface area contributed by atoms with Crippen molar-refractivity contribution < 1.29 is 4.79 Å². The molecule has 104 valence electrons. The molecule has 22 heavy (non-hydrogen) atoms. The van der Waals surface area contributed by atoms with Crippen molar-refractivity contribution in [2.24, 2.45) is 0 Å². The molecule has 0 aromatic heterocycles. The largest absolute Gasteiger partial charge is 0.289 e. The summed E-state index contributed by atoms with van der Waals surface area (Å²) in [5.74, 6) is 0.0774. The van der Waals surface area contributed by atoms with Crippen LogP contribution in [0.5, 0.6) is 0 Å². The molecule has 0 saturated carbocycles. The van der Waals surface area contributed by atoms with E-state index >= 15 is 0 Å². The fourth-order valence-electron chi connectivity index (χ4n) is 2.99. The molecular formula is C21H14O. The predicted octanol–water partition coefficient (Wildman–Crippen LogP) is 5.22. The van der Waals surface area contributed by atoms with Gasteiger partial charge in [0, 0.05) is 11.1 Å². The second-order valence-corrected chi connectivity index (χ2v) is 5.39. The zero-order valence-electron chi connectivity index (χ0n) is 12.0. The highest BCUT2D eigenvalue weighted by Crippen LogP contribution is 2.30. The van der Waals surface area contributed by atoms with Crippen LogP contribution in [0, 0.1) is 0 Å². The van der Waals surface area contributed by atoms with E-state index in [1.807, 2.05) is 66.7 Å². The Bertz CT molecular complexity index is 930. The molecule has 0 aliphatic rings. The van der Waals surface area contributed by atoms with Gasteiger partial charge in [-0.2, -0.15) is 0 Å². The Morgan fingerprint density at radius 3 is 1.68 bits per heavy atom. The molecule has 0 N–H and O–H groups in total. The summed E-state index contributed by atoms with van der Waals surface area (Å²) in [4.78, 5) is 13.1.